The summed E-state index contributed by atoms with van der Waals surface area (Å²) in [5.41, 5.74) is 2.06. The maximum Gasteiger partial charge on any atom is 0.410 e. The van der Waals surface area contributed by atoms with Crippen molar-refractivity contribution in [3.63, 3.8) is 0 Å². The molecular formula is C21H26N2O4. The van der Waals surface area contributed by atoms with Gasteiger partial charge in [-0.05, 0) is 30.3 Å². The molecular weight excluding hydrogens is 344 g/mol. The highest BCUT2D eigenvalue weighted by atomic mass is 16.6. The van der Waals surface area contributed by atoms with Gasteiger partial charge >= 0.3 is 6.09 Å². The lowest BCUT2D eigenvalue weighted by Gasteiger charge is -2.39. The molecule has 1 aliphatic heterocycles. The van der Waals surface area contributed by atoms with Gasteiger partial charge in [-0.2, -0.15) is 0 Å². The number of methoxy groups -OCH3 is 2. The highest BCUT2D eigenvalue weighted by molar-refractivity contribution is 5.68. The first-order chi connectivity index (χ1) is 13.1. The molecule has 2 aromatic rings. The predicted octanol–water partition coefficient (Wildman–Crippen LogP) is 3.33. The number of rotatable bonds is 5. The van der Waals surface area contributed by atoms with Crippen molar-refractivity contribution in [2.24, 2.45) is 0 Å². The second-order valence-electron chi connectivity index (χ2n) is 6.60. The van der Waals surface area contributed by atoms with Crippen molar-refractivity contribution in [1.82, 2.24) is 9.80 Å². The second kappa shape index (κ2) is 8.77. The average Bonchev–Trinajstić information content (AvgIpc) is 2.72. The first kappa shape index (κ1) is 19.0. The van der Waals surface area contributed by atoms with Crippen LogP contribution in [0.3, 0.4) is 0 Å². The number of carbonyl (C=O) groups excluding carboxylic acids is 1. The number of hydrogen-bond acceptors (Lipinski definition) is 5. The van der Waals surface area contributed by atoms with Crippen molar-refractivity contribution in [3.8, 4) is 11.5 Å². The van der Waals surface area contributed by atoms with Crippen molar-refractivity contribution in [2.45, 2.75) is 12.6 Å². The number of nitrogens with zero attached hydrogens (tertiary/aromatic N) is 2. The van der Waals surface area contributed by atoms with Crippen LogP contribution in [0.1, 0.15) is 17.2 Å². The molecule has 1 aliphatic rings. The first-order valence-corrected chi connectivity index (χ1v) is 9.00. The summed E-state index contributed by atoms with van der Waals surface area (Å²) in [4.78, 5) is 16.5. The van der Waals surface area contributed by atoms with E-state index in [9.17, 15) is 4.79 Å². The molecule has 6 heteroatoms. The van der Waals surface area contributed by atoms with Gasteiger partial charge in [-0.1, -0.05) is 36.4 Å². The van der Waals surface area contributed by atoms with Gasteiger partial charge in [0.2, 0.25) is 0 Å². The third kappa shape index (κ3) is 4.52. The molecule has 0 aromatic heterocycles. The molecule has 144 valence electrons. The van der Waals surface area contributed by atoms with Crippen LogP contribution in [0.2, 0.25) is 0 Å². The maximum atomic E-state index is 12.5. The quantitative estimate of drug-likeness (QED) is 0.808. The van der Waals surface area contributed by atoms with Gasteiger partial charge in [-0.15, -0.1) is 0 Å². The molecule has 1 atom stereocenters. The third-order valence-corrected chi connectivity index (χ3v) is 4.90. The fourth-order valence-corrected chi connectivity index (χ4v) is 3.27. The van der Waals surface area contributed by atoms with Crippen LogP contribution in [0.4, 0.5) is 4.79 Å². The molecule has 1 unspecified atom stereocenters. The fraction of sp³-hybridized carbons (Fsp3) is 0.381. The van der Waals surface area contributed by atoms with Crippen LogP contribution in [0.5, 0.6) is 11.5 Å². The van der Waals surface area contributed by atoms with Crippen LogP contribution < -0.4 is 9.47 Å². The summed E-state index contributed by atoms with van der Waals surface area (Å²) in [6.07, 6.45) is -0.280. The summed E-state index contributed by atoms with van der Waals surface area (Å²) < 4.78 is 16.2. The van der Waals surface area contributed by atoms with Gasteiger partial charge in [-0.3, -0.25) is 4.90 Å². The third-order valence-electron chi connectivity index (χ3n) is 4.90. The Morgan fingerprint density at radius 3 is 2.48 bits per heavy atom. The minimum atomic E-state index is -0.280. The molecule has 0 aliphatic carbocycles. The average molecular weight is 370 g/mol. The molecule has 3 rings (SSSR count). The Bertz CT molecular complexity index is 766. The number of ether oxygens (including phenoxy) is 3. The summed E-state index contributed by atoms with van der Waals surface area (Å²) >= 11 is 0. The molecule has 1 amide bonds. The lowest BCUT2D eigenvalue weighted by molar-refractivity contribution is 0.0563. The molecule has 0 radical (unpaired) electrons. The summed E-state index contributed by atoms with van der Waals surface area (Å²) in [5, 5.41) is 0. The Morgan fingerprint density at radius 1 is 1.04 bits per heavy atom. The van der Waals surface area contributed by atoms with Crippen LogP contribution >= 0.6 is 0 Å². The molecule has 2 aromatic carbocycles. The number of hydrogen-bond donors (Lipinski definition) is 0. The van der Waals surface area contributed by atoms with E-state index >= 15 is 0 Å². The number of amides is 1. The Morgan fingerprint density at radius 2 is 1.78 bits per heavy atom. The van der Waals surface area contributed by atoms with Crippen molar-refractivity contribution in [1.29, 1.82) is 0 Å². The van der Waals surface area contributed by atoms with Gasteiger partial charge in [0.05, 0.1) is 20.3 Å². The standard InChI is InChI=1S/C21H26N2O4/c1-22-11-12-23(21(24)27-15-16-7-5-4-6-8-16)14-18(22)17-9-10-19(25-2)20(13-17)26-3/h4-10,13,18H,11-12,14-15H2,1-3H3. The smallest absolute Gasteiger partial charge is 0.410 e. The van der Waals surface area contributed by atoms with E-state index in [-0.39, 0.29) is 18.7 Å². The van der Waals surface area contributed by atoms with E-state index in [1.54, 1.807) is 19.1 Å². The molecule has 0 bridgehead atoms. The predicted molar refractivity (Wildman–Crippen MR) is 103 cm³/mol. The van der Waals surface area contributed by atoms with Crippen LogP contribution in [0.25, 0.3) is 0 Å². The van der Waals surface area contributed by atoms with Crippen molar-refractivity contribution < 1.29 is 19.0 Å². The number of piperazine rings is 1. The van der Waals surface area contributed by atoms with Gasteiger partial charge in [-0.25, -0.2) is 4.79 Å². The van der Waals surface area contributed by atoms with Gasteiger partial charge in [0.1, 0.15) is 6.61 Å². The van der Waals surface area contributed by atoms with Crippen LogP contribution in [-0.4, -0.2) is 56.8 Å². The van der Waals surface area contributed by atoms with Crippen molar-refractivity contribution in [2.75, 3.05) is 40.9 Å². The minimum absolute atomic E-state index is 0.0721. The Labute approximate surface area is 160 Å². The summed E-state index contributed by atoms with van der Waals surface area (Å²) in [6.45, 7) is 2.28. The Kier molecular flexibility index (Phi) is 6.19. The first-order valence-electron chi connectivity index (χ1n) is 9.00. The number of benzene rings is 2. The molecule has 0 N–H and O–H groups in total. The number of carbonyl (C=O) groups is 1. The van der Waals surface area contributed by atoms with E-state index in [0.29, 0.717) is 24.6 Å². The highest BCUT2D eigenvalue weighted by Crippen LogP contribution is 2.33. The number of likely N-dealkylation sites (N-methyl/N-ethyl adjacent to an activating group) is 1. The monoisotopic (exact) mass is 370 g/mol. The summed E-state index contributed by atoms with van der Waals surface area (Å²) in [7, 11) is 5.31. The van der Waals surface area contributed by atoms with Gasteiger partial charge in [0.15, 0.2) is 11.5 Å². The SMILES string of the molecule is COc1ccc(C2CN(C(=O)OCc3ccccc3)CCN2C)cc1OC. The molecule has 27 heavy (non-hydrogen) atoms. The maximum absolute atomic E-state index is 12.5. The van der Waals surface area contributed by atoms with E-state index in [1.165, 1.54) is 0 Å². The van der Waals surface area contributed by atoms with E-state index in [2.05, 4.69) is 11.9 Å². The zero-order chi connectivity index (χ0) is 19.2. The van der Waals surface area contributed by atoms with Crippen LogP contribution in [-0.2, 0) is 11.3 Å². The van der Waals surface area contributed by atoms with Gasteiger partial charge < -0.3 is 19.1 Å². The lowest BCUT2D eigenvalue weighted by Crippen LogP contribution is -2.49. The molecule has 1 saturated heterocycles. The summed E-state index contributed by atoms with van der Waals surface area (Å²) in [6, 6.07) is 15.7. The van der Waals surface area contributed by atoms with E-state index in [4.69, 9.17) is 14.2 Å². The molecule has 0 spiro atoms. The molecule has 6 nitrogen and oxygen atoms in total. The second-order valence-corrected chi connectivity index (χ2v) is 6.60. The van der Waals surface area contributed by atoms with Crippen LogP contribution in [0, 0.1) is 0 Å². The normalized spacial score (nSPS) is 17.4. The fourth-order valence-electron chi connectivity index (χ4n) is 3.27. The van der Waals surface area contributed by atoms with E-state index in [0.717, 1.165) is 17.7 Å². The van der Waals surface area contributed by atoms with Crippen molar-refractivity contribution >= 4 is 6.09 Å². The summed E-state index contributed by atoms with van der Waals surface area (Å²) in [5.74, 6) is 1.38. The van der Waals surface area contributed by atoms with Crippen molar-refractivity contribution in [3.05, 3.63) is 59.7 Å². The largest absolute Gasteiger partial charge is 0.493 e. The van der Waals surface area contributed by atoms with E-state index in [1.807, 2.05) is 48.5 Å². The lowest BCUT2D eigenvalue weighted by atomic mass is 10.0. The topological polar surface area (TPSA) is 51.2 Å². The molecule has 1 fully saturated rings. The Balaban J connectivity index is 1.67. The Hall–Kier alpha value is -2.73. The van der Waals surface area contributed by atoms with Crippen LogP contribution in [0.15, 0.2) is 48.5 Å². The van der Waals surface area contributed by atoms with Gasteiger partial charge in [0, 0.05) is 19.6 Å². The highest BCUT2D eigenvalue weighted by Gasteiger charge is 2.29. The van der Waals surface area contributed by atoms with E-state index < -0.39 is 0 Å². The zero-order valence-electron chi connectivity index (χ0n) is 16.1. The minimum Gasteiger partial charge on any atom is -0.493 e. The molecule has 0 saturated carbocycles. The molecule has 1 heterocycles. The zero-order valence-corrected chi connectivity index (χ0v) is 16.1. The van der Waals surface area contributed by atoms with Gasteiger partial charge in [0.25, 0.3) is 0 Å².